The minimum Gasteiger partial charge on any atom is -0.355 e. The topological polar surface area (TPSA) is 50.2 Å². The molecule has 26 heavy (non-hydrogen) atoms. The first-order valence-corrected chi connectivity index (χ1v) is 8.34. The van der Waals surface area contributed by atoms with Crippen LogP contribution in [0.5, 0.6) is 0 Å². The van der Waals surface area contributed by atoms with E-state index in [0.717, 1.165) is 23.4 Å². The molecule has 3 rings (SSSR count). The van der Waals surface area contributed by atoms with E-state index in [1.165, 1.54) is 12.1 Å². The van der Waals surface area contributed by atoms with Gasteiger partial charge in [-0.25, -0.2) is 4.39 Å². The molecule has 1 heterocycles. The molecule has 0 aliphatic rings. The fourth-order valence-electron chi connectivity index (χ4n) is 2.73. The van der Waals surface area contributed by atoms with Crippen molar-refractivity contribution < 1.29 is 9.18 Å². The third-order valence-electron chi connectivity index (χ3n) is 4.06. The van der Waals surface area contributed by atoms with Crippen LogP contribution < -0.4 is 5.32 Å². The van der Waals surface area contributed by atoms with Gasteiger partial charge in [0.25, 0.3) is 5.91 Å². The van der Waals surface area contributed by atoms with Gasteiger partial charge in [-0.3, -0.25) is 14.4 Å². The van der Waals surface area contributed by atoms with Gasteiger partial charge in [-0.05, 0) is 55.1 Å². The molecular weight excluding hydrogens is 331 g/mol. The zero-order chi connectivity index (χ0) is 18.5. The average molecular weight is 352 g/mol. The second kappa shape index (κ2) is 7.93. The molecule has 1 amide bonds. The Bertz CT molecular complexity index is 872. The summed E-state index contributed by atoms with van der Waals surface area (Å²) in [5.41, 5.74) is 3.46. The van der Waals surface area contributed by atoms with Crippen LogP contribution >= 0.6 is 0 Å². The fourth-order valence-corrected chi connectivity index (χ4v) is 2.73. The van der Waals surface area contributed by atoms with E-state index in [9.17, 15) is 9.18 Å². The Hall–Kier alpha value is -2.99. The van der Waals surface area contributed by atoms with Gasteiger partial charge >= 0.3 is 0 Å². The standard InChI is InChI=1S/C20H21FN4O/c1-22-20(26)17-5-3-15(4-6-17)13-24(2)14-25-12-11-19(23-25)16-7-9-18(21)10-8-16/h3-12H,13-14H2,1-2H3,(H,22,26). The van der Waals surface area contributed by atoms with Gasteiger partial charge in [-0.1, -0.05) is 12.1 Å². The molecule has 6 heteroatoms. The lowest BCUT2D eigenvalue weighted by Crippen LogP contribution is -2.22. The van der Waals surface area contributed by atoms with Crippen LogP contribution in [0.2, 0.25) is 0 Å². The number of nitrogens with one attached hydrogen (secondary N) is 1. The molecule has 1 N–H and O–H groups in total. The van der Waals surface area contributed by atoms with Gasteiger partial charge in [0.2, 0.25) is 0 Å². The molecule has 0 spiro atoms. The minimum absolute atomic E-state index is 0.0882. The van der Waals surface area contributed by atoms with Crippen molar-refractivity contribution in [3.8, 4) is 11.3 Å². The van der Waals surface area contributed by atoms with Gasteiger partial charge in [-0.15, -0.1) is 0 Å². The van der Waals surface area contributed by atoms with Crippen molar-refractivity contribution in [3.05, 3.63) is 77.7 Å². The number of rotatable bonds is 6. The van der Waals surface area contributed by atoms with Crippen molar-refractivity contribution >= 4 is 5.91 Å². The van der Waals surface area contributed by atoms with Gasteiger partial charge < -0.3 is 5.32 Å². The van der Waals surface area contributed by atoms with E-state index in [0.29, 0.717) is 12.2 Å². The highest BCUT2D eigenvalue weighted by Gasteiger charge is 2.07. The van der Waals surface area contributed by atoms with E-state index in [4.69, 9.17) is 0 Å². The first kappa shape index (κ1) is 17.8. The molecule has 134 valence electrons. The van der Waals surface area contributed by atoms with E-state index in [1.807, 2.05) is 48.3 Å². The molecule has 1 aromatic heterocycles. The fraction of sp³-hybridized carbons (Fsp3) is 0.200. The molecule has 0 saturated carbocycles. The van der Waals surface area contributed by atoms with Gasteiger partial charge in [0.15, 0.2) is 0 Å². The van der Waals surface area contributed by atoms with Crippen molar-refractivity contribution in [2.45, 2.75) is 13.2 Å². The predicted octanol–water partition coefficient (Wildman–Crippen LogP) is 3.14. The lowest BCUT2D eigenvalue weighted by molar-refractivity contribution is 0.0963. The van der Waals surface area contributed by atoms with Gasteiger partial charge in [0.1, 0.15) is 5.82 Å². The molecule has 0 radical (unpaired) electrons. The van der Waals surface area contributed by atoms with Crippen LogP contribution in [0.1, 0.15) is 15.9 Å². The largest absolute Gasteiger partial charge is 0.355 e. The van der Waals surface area contributed by atoms with E-state index in [-0.39, 0.29) is 11.7 Å². The summed E-state index contributed by atoms with van der Waals surface area (Å²) >= 11 is 0. The van der Waals surface area contributed by atoms with Crippen LogP contribution in [0.4, 0.5) is 4.39 Å². The summed E-state index contributed by atoms with van der Waals surface area (Å²) in [6, 6.07) is 15.8. The van der Waals surface area contributed by atoms with Crippen LogP contribution in [0.25, 0.3) is 11.3 Å². The van der Waals surface area contributed by atoms with Crippen LogP contribution in [0.15, 0.2) is 60.8 Å². The average Bonchev–Trinajstić information content (AvgIpc) is 3.10. The Morgan fingerprint density at radius 3 is 2.46 bits per heavy atom. The number of hydrogen-bond acceptors (Lipinski definition) is 3. The molecule has 0 fully saturated rings. The lowest BCUT2D eigenvalue weighted by atomic mass is 10.1. The van der Waals surface area contributed by atoms with E-state index in [2.05, 4.69) is 15.3 Å². The number of nitrogens with zero attached hydrogens (tertiary/aromatic N) is 3. The Morgan fingerprint density at radius 2 is 1.81 bits per heavy atom. The lowest BCUT2D eigenvalue weighted by Gasteiger charge is -2.17. The second-order valence-electron chi connectivity index (χ2n) is 6.18. The first-order valence-electron chi connectivity index (χ1n) is 8.34. The molecular formula is C20H21FN4O. The summed E-state index contributed by atoms with van der Waals surface area (Å²) in [5.74, 6) is -0.342. The van der Waals surface area contributed by atoms with Gasteiger partial charge in [-0.2, -0.15) is 5.10 Å². The van der Waals surface area contributed by atoms with Crippen LogP contribution in [-0.4, -0.2) is 34.7 Å². The van der Waals surface area contributed by atoms with Crippen LogP contribution in [0, 0.1) is 5.82 Å². The first-order chi connectivity index (χ1) is 12.5. The molecule has 0 bridgehead atoms. The summed E-state index contributed by atoms with van der Waals surface area (Å²) in [6.07, 6.45) is 1.91. The summed E-state index contributed by atoms with van der Waals surface area (Å²) in [5, 5.41) is 7.15. The summed E-state index contributed by atoms with van der Waals surface area (Å²) in [7, 11) is 3.63. The molecule has 5 nitrogen and oxygen atoms in total. The third kappa shape index (κ3) is 4.34. The van der Waals surface area contributed by atoms with E-state index in [1.54, 1.807) is 19.2 Å². The molecule has 0 unspecified atom stereocenters. The second-order valence-corrected chi connectivity index (χ2v) is 6.18. The zero-order valence-corrected chi connectivity index (χ0v) is 14.8. The van der Waals surface area contributed by atoms with Gasteiger partial charge in [0, 0.05) is 30.9 Å². The number of carbonyl (C=O) groups excluding carboxylic acids is 1. The van der Waals surface area contributed by atoms with E-state index < -0.39 is 0 Å². The van der Waals surface area contributed by atoms with Crippen LogP contribution in [0.3, 0.4) is 0 Å². The highest BCUT2D eigenvalue weighted by atomic mass is 19.1. The number of carbonyl (C=O) groups is 1. The molecule has 0 aliphatic heterocycles. The van der Waals surface area contributed by atoms with Gasteiger partial charge in [0.05, 0.1) is 12.4 Å². The maximum atomic E-state index is 13.0. The number of aromatic nitrogens is 2. The Balaban J connectivity index is 1.60. The quantitative estimate of drug-likeness (QED) is 0.741. The number of hydrogen-bond donors (Lipinski definition) is 1. The predicted molar refractivity (Wildman–Crippen MR) is 98.9 cm³/mol. The Labute approximate surface area is 152 Å². The Kier molecular flexibility index (Phi) is 5.43. The third-order valence-corrected chi connectivity index (χ3v) is 4.06. The monoisotopic (exact) mass is 352 g/mol. The summed E-state index contributed by atoms with van der Waals surface area (Å²) < 4.78 is 14.9. The highest BCUT2D eigenvalue weighted by molar-refractivity contribution is 5.93. The number of amides is 1. The number of halogens is 1. The zero-order valence-electron chi connectivity index (χ0n) is 14.8. The van der Waals surface area contributed by atoms with Crippen molar-refractivity contribution in [1.29, 1.82) is 0 Å². The van der Waals surface area contributed by atoms with Crippen molar-refractivity contribution in [3.63, 3.8) is 0 Å². The summed E-state index contributed by atoms with van der Waals surface area (Å²) in [6.45, 7) is 1.36. The van der Waals surface area contributed by atoms with Crippen molar-refractivity contribution in [2.24, 2.45) is 0 Å². The maximum absolute atomic E-state index is 13.0. The van der Waals surface area contributed by atoms with E-state index >= 15 is 0 Å². The number of benzene rings is 2. The smallest absolute Gasteiger partial charge is 0.251 e. The molecule has 0 atom stereocenters. The molecule has 3 aromatic rings. The molecule has 0 aliphatic carbocycles. The highest BCUT2D eigenvalue weighted by Crippen LogP contribution is 2.17. The Morgan fingerprint density at radius 1 is 1.12 bits per heavy atom. The van der Waals surface area contributed by atoms with Crippen LogP contribution in [-0.2, 0) is 13.2 Å². The molecule has 2 aromatic carbocycles. The van der Waals surface area contributed by atoms with Crippen molar-refractivity contribution in [1.82, 2.24) is 20.0 Å². The maximum Gasteiger partial charge on any atom is 0.251 e. The van der Waals surface area contributed by atoms with Crippen molar-refractivity contribution in [2.75, 3.05) is 14.1 Å². The molecule has 0 saturated heterocycles. The normalized spacial score (nSPS) is 10.9. The summed E-state index contributed by atoms with van der Waals surface area (Å²) in [4.78, 5) is 13.7. The SMILES string of the molecule is CNC(=O)c1ccc(CN(C)Cn2ccc(-c3ccc(F)cc3)n2)cc1. The minimum atomic E-state index is -0.254.